The molecule has 0 unspecified atom stereocenters. The van der Waals surface area contributed by atoms with E-state index >= 15 is 0 Å². The molecular formula is C15H15BrClN3S. The molecule has 6 heteroatoms. The van der Waals surface area contributed by atoms with Gasteiger partial charge in [0.2, 0.25) is 0 Å². The van der Waals surface area contributed by atoms with Crippen molar-refractivity contribution in [1.29, 1.82) is 0 Å². The molecule has 0 aliphatic heterocycles. The summed E-state index contributed by atoms with van der Waals surface area (Å²) in [4.78, 5) is 4.37. The highest BCUT2D eigenvalue weighted by molar-refractivity contribution is 9.10. The fourth-order valence-electron chi connectivity index (χ4n) is 1.81. The number of hydrogen-bond acceptors (Lipinski definition) is 2. The lowest BCUT2D eigenvalue weighted by molar-refractivity contribution is 0.722. The van der Waals surface area contributed by atoms with Crippen molar-refractivity contribution in [3.8, 4) is 0 Å². The minimum atomic E-state index is 0.0986. The Labute approximate surface area is 143 Å². The summed E-state index contributed by atoms with van der Waals surface area (Å²) in [5.74, 6) is 0.551. The summed E-state index contributed by atoms with van der Waals surface area (Å²) < 4.78 is 0.870. The maximum atomic E-state index is 6.16. The second-order valence-corrected chi connectivity index (χ2v) is 6.29. The molecular weight excluding hydrogens is 370 g/mol. The van der Waals surface area contributed by atoms with Crippen LogP contribution in [0.2, 0.25) is 5.02 Å². The molecule has 0 aliphatic rings. The number of halogens is 2. The van der Waals surface area contributed by atoms with Crippen molar-refractivity contribution >= 4 is 50.7 Å². The van der Waals surface area contributed by atoms with E-state index in [2.05, 4.69) is 43.7 Å². The van der Waals surface area contributed by atoms with Gasteiger partial charge in [-0.25, -0.2) is 4.98 Å². The molecule has 1 heterocycles. The predicted octanol–water partition coefficient (Wildman–Crippen LogP) is 4.85. The summed E-state index contributed by atoms with van der Waals surface area (Å²) in [6.45, 7) is 3.94. The van der Waals surface area contributed by atoms with Crippen LogP contribution in [-0.4, -0.2) is 10.1 Å². The Hall–Kier alpha value is -1.17. The molecule has 1 aromatic heterocycles. The van der Waals surface area contributed by atoms with Gasteiger partial charge in [-0.3, -0.25) is 0 Å². The van der Waals surface area contributed by atoms with Crippen LogP contribution in [-0.2, 0) is 0 Å². The third kappa shape index (κ3) is 4.40. The zero-order chi connectivity index (χ0) is 15.4. The second kappa shape index (κ2) is 7.20. The molecule has 2 aromatic rings. The van der Waals surface area contributed by atoms with Crippen LogP contribution in [0.5, 0.6) is 0 Å². The molecule has 0 bridgehead atoms. The van der Waals surface area contributed by atoms with Gasteiger partial charge in [0, 0.05) is 4.47 Å². The third-order valence-corrected chi connectivity index (χ3v) is 4.29. The van der Waals surface area contributed by atoms with E-state index in [-0.39, 0.29) is 6.04 Å². The Morgan fingerprint density at radius 2 is 2.00 bits per heavy atom. The molecule has 0 saturated heterocycles. The lowest BCUT2D eigenvalue weighted by atomic mass is 10.1. The fourth-order valence-corrected chi connectivity index (χ4v) is 2.73. The molecule has 2 N–H and O–H groups in total. The van der Waals surface area contributed by atoms with E-state index in [1.165, 1.54) is 0 Å². The van der Waals surface area contributed by atoms with Gasteiger partial charge in [0.1, 0.15) is 0 Å². The number of pyridine rings is 1. The molecule has 3 nitrogen and oxygen atoms in total. The van der Waals surface area contributed by atoms with E-state index in [4.69, 9.17) is 23.8 Å². The van der Waals surface area contributed by atoms with Gasteiger partial charge >= 0.3 is 0 Å². The maximum Gasteiger partial charge on any atom is 0.172 e. The average Bonchev–Trinajstić information content (AvgIpc) is 2.45. The second-order valence-electron chi connectivity index (χ2n) is 4.62. The van der Waals surface area contributed by atoms with Crippen molar-refractivity contribution in [3.63, 3.8) is 0 Å². The molecule has 0 aliphatic carbocycles. The first-order valence-corrected chi connectivity index (χ1v) is 8.00. The highest BCUT2D eigenvalue weighted by Gasteiger charge is 2.10. The van der Waals surface area contributed by atoms with E-state index < -0.39 is 0 Å². The van der Waals surface area contributed by atoms with Crippen LogP contribution in [0, 0.1) is 6.92 Å². The number of anilines is 1. The molecule has 1 atom stereocenters. The van der Waals surface area contributed by atoms with E-state index in [9.17, 15) is 0 Å². The number of aromatic nitrogens is 1. The molecule has 110 valence electrons. The Bertz CT molecular complexity index is 649. The van der Waals surface area contributed by atoms with Crippen molar-refractivity contribution in [2.45, 2.75) is 19.9 Å². The van der Waals surface area contributed by atoms with Crippen molar-refractivity contribution in [2.24, 2.45) is 0 Å². The molecule has 0 saturated carbocycles. The van der Waals surface area contributed by atoms with Crippen LogP contribution >= 0.6 is 39.7 Å². The smallest absolute Gasteiger partial charge is 0.172 e. The zero-order valence-corrected chi connectivity index (χ0v) is 14.8. The molecule has 0 spiro atoms. The summed E-state index contributed by atoms with van der Waals surface area (Å²) in [5, 5.41) is 7.26. The summed E-state index contributed by atoms with van der Waals surface area (Å²) in [5.41, 5.74) is 2.01. The summed E-state index contributed by atoms with van der Waals surface area (Å²) in [6.07, 6.45) is 0. The topological polar surface area (TPSA) is 37.0 Å². The molecule has 0 amide bonds. The number of thiocarbonyl (C=S) groups is 1. The Kier molecular flexibility index (Phi) is 5.56. The summed E-state index contributed by atoms with van der Waals surface area (Å²) >= 11 is 14.9. The van der Waals surface area contributed by atoms with Crippen LogP contribution in [0.1, 0.15) is 24.2 Å². The molecule has 2 rings (SSSR count). The number of nitrogens with one attached hydrogen (secondary N) is 2. The lowest BCUT2D eigenvalue weighted by Crippen LogP contribution is -2.31. The quantitative estimate of drug-likeness (QED) is 0.742. The first kappa shape index (κ1) is 16.2. The summed E-state index contributed by atoms with van der Waals surface area (Å²) in [6, 6.07) is 12.0. The standard InChI is InChI=1S/C15H15BrClN3S/c1-9(11-6-4-3-5-7-11)19-15(21)20-14-13(17)8-12(16)10(2)18-14/h3-9H,1-2H3,(H2,18,19,20,21)/t9-/m1/s1. The van der Waals surface area contributed by atoms with Crippen LogP contribution in [0.4, 0.5) is 5.82 Å². The monoisotopic (exact) mass is 383 g/mol. The van der Waals surface area contributed by atoms with Crippen LogP contribution in [0.25, 0.3) is 0 Å². The molecule has 1 aromatic carbocycles. The van der Waals surface area contributed by atoms with Gasteiger partial charge in [0.05, 0.1) is 16.8 Å². The molecule has 0 fully saturated rings. The van der Waals surface area contributed by atoms with Crippen molar-refractivity contribution in [1.82, 2.24) is 10.3 Å². The zero-order valence-electron chi connectivity index (χ0n) is 11.7. The largest absolute Gasteiger partial charge is 0.356 e. The third-order valence-electron chi connectivity index (χ3n) is 2.98. The maximum absolute atomic E-state index is 6.16. The van der Waals surface area contributed by atoms with Crippen molar-refractivity contribution < 1.29 is 0 Å². The number of nitrogens with zero attached hydrogens (tertiary/aromatic N) is 1. The van der Waals surface area contributed by atoms with E-state index in [0.29, 0.717) is 16.0 Å². The first-order valence-electron chi connectivity index (χ1n) is 6.42. The Morgan fingerprint density at radius 1 is 1.33 bits per heavy atom. The van der Waals surface area contributed by atoms with Gasteiger partial charge in [0.15, 0.2) is 10.9 Å². The minimum Gasteiger partial charge on any atom is -0.356 e. The fraction of sp³-hybridized carbons (Fsp3) is 0.200. The van der Waals surface area contributed by atoms with Gasteiger partial charge in [-0.15, -0.1) is 0 Å². The number of aryl methyl sites for hydroxylation is 1. The van der Waals surface area contributed by atoms with Crippen molar-refractivity contribution in [3.05, 3.63) is 57.2 Å². The van der Waals surface area contributed by atoms with Gasteiger partial charge in [-0.2, -0.15) is 0 Å². The summed E-state index contributed by atoms with van der Waals surface area (Å²) in [7, 11) is 0. The SMILES string of the molecule is Cc1nc(NC(=S)N[C@H](C)c2ccccc2)c(Cl)cc1Br. The first-order chi connectivity index (χ1) is 9.97. The van der Waals surface area contributed by atoms with E-state index in [1.807, 2.05) is 32.0 Å². The Morgan fingerprint density at radius 3 is 2.67 bits per heavy atom. The van der Waals surface area contributed by atoms with Crippen LogP contribution in [0.3, 0.4) is 0 Å². The van der Waals surface area contributed by atoms with E-state index in [0.717, 1.165) is 15.7 Å². The normalized spacial score (nSPS) is 11.8. The van der Waals surface area contributed by atoms with Crippen molar-refractivity contribution in [2.75, 3.05) is 5.32 Å². The van der Waals surface area contributed by atoms with Gasteiger partial charge < -0.3 is 10.6 Å². The average molecular weight is 385 g/mol. The highest BCUT2D eigenvalue weighted by Crippen LogP contribution is 2.26. The van der Waals surface area contributed by atoms with Crippen LogP contribution < -0.4 is 10.6 Å². The molecule has 21 heavy (non-hydrogen) atoms. The van der Waals surface area contributed by atoms with Gasteiger partial charge in [-0.1, -0.05) is 41.9 Å². The number of rotatable bonds is 3. The number of hydrogen-bond donors (Lipinski definition) is 2. The minimum absolute atomic E-state index is 0.0986. The van der Waals surface area contributed by atoms with E-state index in [1.54, 1.807) is 6.07 Å². The van der Waals surface area contributed by atoms with Gasteiger partial charge in [0.25, 0.3) is 0 Å². The van der Waals surface area contributed by atoms with Crippen LogP contribution in [0.15, 0.2) is 40.9 Å². The Balaban J connectivity index is 2.04. The lowest BCUT2D eigenvalue weighted by Gasteiger charge is -2.17. The highest BCUT2D eigenvalue weighted by atomic mass is 79.9. The predicted molar refractivity (Wildman–Crippen MR) is 95.9 cm³/mol. The van der Waals surface area contributed by atoms with Gasteiger partial charge in [-0.05, 0) is 53.6 Å². The molecule has 0 radical (unpaired) electrons. The number of benzene rings is 1.